The van der Waals surface area contributed by atoms with E-state index in [0.29, 0.717) is 0 Å². The number of anilines is 1. The minimum atomic E-state index is -0.105. The van der Waals surface area contributed by atoms with E-state index in [-0.39, 0.29) is 6.04 Å². The topological polar surface area (TPSA) is 38.0 Å². The van der Waals surface area contributed by atoms with E-state index in [1.807, 2.05) is 7.05 Å². The average molecular weight is 262 g/mol. The molecule has 3 aromatic rings. The Morgan fingerprint density at radius 1 is 0.850 bits per heavy atom. The lowest BCUT2D eigenvalue weighted by Crippen LogP contribution is -2.12. The molecule has 0 saturated heterocycles. The molecule has 0 fully saturated rings. The van der Waals surface area contributed by atoms with Gasteiger partial charge in [0.2, 0.25) is 0 Å². The standard InChI is InChI=1S/C18H18N2/c1-20-15-11-9-14(10-12-15)18(19)17-8-4-6-13-5-2-3-7-16(13)17/h2-12,18,20H,19H2,1H3. The van der Waals surface area contributed by atoms with E-state index in [1.54, 1.807) is 0 Å². The Balaban J connectivity index is 2.05. The fraction of sp³-hybridized carbons (Fsp3) is 0.111. The zero-order valence-corrected chi connectivity index (χ0v) is 11.5. The third-order valence-corrected chi connectivity index (χ3v) is 3.72. The van der Waals surface area contributed by atoms with Gasteiger partial charge >= 0.3 is 0 Å². The summed E-state index contributed by atoms with van der Waals surface area (Å²) in [5, 5.41) is 5.57. The van der Waals surface area contributed by atoms with Gasteiger partial charge in [-0.25, -0.2) is 0 Å². The highest BCUT2D eigenvalue weighted by atomic mass is 14.8. The predicted octanol–water partition coefficient (Wildman–Crippen LogP) is 3.93. The molecular formula is C18H18N2. The molecule has 3 aromatic carbocycles. The molecule has 0 heterocycles. The minimum Gasteiger partial charge on any atom is -0.388 e. The first-order valence-corrected chi connectivity index (χ1v) is 6.80. The SMILES string of the molecule is CNc1ccc(C(N)c2cccc3ccccc23)cc1. The van der Waals surface area contributed by atoms with Gasteiger partial charge in [-0.2, -0.15) is 0 Å². The Kier molecular flexibility index (Phi) is 3.40. The van der Waals surface area contributed by atoms with E-state index in [9.17, 15) is 0 Å². The first kappa shape index (κ1) is 12.7. The smallest absolute Gasteiger partial charge is 0.0557 e. The van der Waals surface area contributed by atoms with E-state index >= 15 is 0 Å². The number of hydrogen-bond acceptors (Lipinski definition) is 2. The lowest BCUT2D eigenvalue weighted by atomic mass is 9.94. The van der Waals surface area contributed by atoms with Crippen LogP contribution in [0.3, 0.4) is 0 Å². The molecule has 20 heavy (non-hydrogen) atoms. The van der Waals surface area contributed by atoms with Crippen LogP contribution in [0.4, 0.5) is 5.69 Å². The molecule has 2 nitrogen and oxygen atoms in total. The summed E-state index contributed by atoms with van der Waals surface area (Å²) in [5.41, 5.74) is 9.84. The van der Waals surface area contributed by atoms with Crippen LogP contribution in [0, 0.1) is 0 Å². The van der Waals surface area contributed by atoms with Crippen LogP contribution in [0.15, 0.2) is 66.7 Å². The van der Waals surface area contributed by atoms with Crippen molar-refractivity contribution in [2.45, 2.75) is 6.04 Å². The van der Waals surface area contributed by atoms with Crippen LogP contribution < -0.4 is 11.1 Å². The Morgan fingerprint density at radius 2 is 1.55 bits per heavy atom. The lowest BCUT2D eigenvalue weighted by Gasteiger charge is -2.15. The Bertz CT molecular complexity index is 712. The number of nitrogens with one attached hydrogen (secondary N) is 1. The van der Waals surface area contributed by atoms with Crippen molar-refractivity contribution < 1.29 is 0 Å². The van der Waals surface area contributed by atoms with Gasteiger partial charge in [0.05, 0.1) is 6.04 Å². The molecule has 0 saturated carbocycles. The number of rotatable bonds is 3. The molecule has 0 aliphatic carbocycles. The lowest BCUT2D eigenvalue weighted by molar-refractivity contribution is 0.881. The van der Waals surface area contributed by atoms with Crippen molar-refractivity contribution in [1.82, 2.24) is 0 Å². The minimum absolute atomic E-state index is 0.105. The van der Waals surface area contributed by atoms with Crippen molar-refractivity contribution in [3.8, 4) is 0 Å². The molecular weight excluding hydrogens is 244 g/mol. The quantitative estimate of drug-likeness (QED) is 0.750. The van der Waals surface area contributed by atoms with E-state index in [4.69, 9.17) is 5.73 Å². The van der Waals surface area contributed by atoms with Crippen molar-refractivity contribution in [2.75, 3.05) is 12.4 Å². The maximum atomic E-state index is 6.45. The van der Waals surface area contributed by atoms with Gasteiger partial charge in [0, 0.05) is 12.7 Å². The van der Waals surface area contributed by atoms with E-state index < -0.39 is 0 Å². The fourth-order valence-electron chi connectivity index (χ4n) is 2.56. The van der Waals surface area contributed by atoms with E-state index in [1.165, 1.54) is 16.3 Å². The maximum Gasteiger partial charge on any atom is 0.0557 e. The summed E-state index contributed by atoms with van der Waals surface area (Å²) >= 11 is 0. The van der Waals surface area contributed by atoms with Crippen molar-refractivity contribution in [3.05, 3.63) is 77.9 Å². The second-order valence-electron chi connectivity index (χ2n) is 4.92. The van der Waals surface area contributed by atoms with Gasteiger partial charge in [0.25, 0.3) is 0 Å². The van der Waals surface area contributed by atoms with Crippen LogP contribution in [-0.2, 0) is 0 Å². The average Bonchev–Trinajstić information content (AvgIpc) is 2.54. The van der Waals surface area contributed by atoms with E-state index in [0.717, 1.165) is 11.3 Å². The number of nitrogens with two attached hydrogens (primary N) is 1. The highest BCUT2D eigenvalue weighted by molar-refractivity contribution is 5.86. The molecule has 0 bridgehead atoms. The molecule has 0 aromatic heterocycles. The summed E-state index contributed by atoms with van der Waals surface area (Å²) in [6.07, 6.45) is 0. The molecule has 1 atom stereocenters. The second-order valence-corrected chi connectivity index (χ2v) is 4.92. The molecule has 0 amide bonds. The van der Waals surface area contributed by atoms with Crippen molar-refractivity contribution in [3.63, 3.8) is 0 Å². The third kappa shape index (κ3) is 2.26. The van der Waals surface area contributed by atoms with Crippen LogP contribution in [0.1, 0.15) is 17.2 Å². The molecule has 100 valence electrons. The molecule has 3 rings (SSSR count). The summed E-state index contributed by atoms with van der Waals surface area (Å²) in [5.74, 6) is 0. The first-order valence-electron chi connectivity index (χ1n) is 6.80. The largest absolute Gasteiger partial charge is 0.388 e. The molecule has 1 unspecified atom stereocenters. The molecule has 0 aliphatic heterocycles. The molecule has 3 N–H and O–H groups in total. The predicted molar refractivity (Wildman–Crippen MR) is 86.0 cm³/mol. The monoisotopic (exact) mass is 262 g/mol. The molecule has 0 radical (unpaired) electrons. The van der Waals surface area contributed by atoms with Gasteiger partial charge in [0.1, 0.15) is 0 Å². The molecule has 2 heteroatoms. The van der Waals surface area contributed by atoms with Crippen LogP contribution in [-0.4, -0.2) is 7.05 Å². The van der Waals surface area contributed by atoms with Crippen molar-refractivity contribution in [2.24, 2.45) is 5.73 Å². The highest BCUT2D eigenvalue weighted by Gasteiger charge is 2.11. The van der Waals surface area contributed by atoms with Crippen molar-refractivity contribution >= 4 is 16.5 Å². The van der Waals surface area contributed by atoms with E-state index in [2.05, 4.69) is 72.0 Å². The van der Waals surface area contributed by atoms with Gasteiger partial charge in [0.15, 0.2) is 0 Å². The summed E-state index contributed by atoms with van der Waals surface area (Å²) in [7, 11) is 1.92. The Hall–Kier alpha value is -2.32. The Morgan fingerprint density at radius 3 is 2.30 bits per heavy atom. The number of fused-ring (bicyclic) bond motifs is 1. The van der Waals surface area contributed by atoms with Gasteiger partial charge < -0.3 is 11.1 Å². The van der Waals surface area contributed by atoms with Crippen LogP contribution in [0.25, 0.3) is 10.8 Å². The summed E-state index contributed by atoms with van der Waals surface area (Å²) < 4.78 is 0. The zero-order chi connectivity index (χ0) is 13.9. The highest BCUT2D eigenvalue weighted by Crippen LogP contribution is 2.27. The van der Waals surface area contributed by atoms with Gasteiger partial charge in [-0.15, -0.1) is 0 Å². The Labute approximate surface area is 119 Å². The van der Waals surface area contributed by atoms with Crippen LogP contribution >= 0.6 is 0 Å². The molecule has 0 spiro atoms. The van der Waals surface area contributed by atoms with Gasteiger partial charge in [-0.1, -0.05) is 54.6 Å². The van der Waals surface area contributed by atoms with Crippen LogP contribution in [0.5, 0.6) is 0 Å². The van der Waals surface area contributed by atoms with Crippen LogP contribution in [0.2, 0.25) is 0 Å². The number of hydrogen-bond donors (Lipinski definition) is 2. The summed E-state index contributed by atoms with van der Waals surface area (Å²) in [4.78, 5) is 0. The zero-order valence-electron chi connectivity index (χ0n) is 11.5. The third-order valence-electron chi connectivity index (χ3n) is 3.72. The maximum absolute atomic E-state index is 6.45. The fourth-order valence-corrected chi connectivity index (χ4v) is 2.56. The normalized spacial score (nSPS) is 12.3. The molecule has 0 aliphatic rings. The second kappa shape index (κ2) is 5.35. The van der Waals surface area contributed by atoms with Gasteiger partial charge in [-0.05, 0) is 34.0 Å². The summed E-state index contributed by atoms with van der Waals surface area (Å²) in [6.45, 7) is 0. The van der Waals surface area contributed by atoms with Gasteiger partial charge in [-0.3, -0.25) is 0 Å². The summed E-state index contributed by atoms with van der Waals surface area (Å²) in [6, 6.07) is 22.8. The number of benzene rings is 3. The van der Waals surface area contributed by atoms with Crippen molar-refractivity contribution in [1.29, 1.82) is 0 Å². The first-order chi connectivity index (χ1) is 9.79.